The fourth-order valence-corrected chi connectivity index (χ4v) is 5.50. The van der Waals surface area contributed by atoms with Gasteiger partial charge < -0.3 is 0 Å². The lowest BCUT2D eigenvalue weighted by molar-refractivity contribution is 0.118. The highest BCUT2D eigenvalue weighted by Gasteiger charge is 2.25. The zero-order valence-electron chi connectivity index (χ0n) is 26.4. The van der Waals surface area contributed by atoms with E-state index >= 15 is 0 Å². The molecule has 8 nitrogen and oxygen atoms in total. The monoisotopic (exact) mass is 586 g/mol. The Hall–Kier alpha value is -4.40. The summed E-state index contributed by atoms with van der Waals surface area (Å²) in [5.74, 6) is 0. The Bertz CT molecular complexity index is 1250. The molecule has 15 rings (SSSR count). The summed E-state index contributed by atoms with van der Waals surface area (Å²) in [5, 5.41) is 0. The van der Waals surface area contributed by atoms with Crippen molar-refractivity contribution in [1.82, 2.24) is 9.80 Å². The summed E-state index contributed by atoms with van der Waals surface area (Å²) in [6, 6.07) is 24.8. The average molecular weight is 587 g/mol. The van der Waals surface area contributed by atoms with Crippen LogP contribution in [0.15, 0.2) is 103 Å². The van der Waals surface area contributed by atoms with Gasteiger partial charge in [0.2, 0.25) is 0 Å². The molecule has 8 heteroatoms. The van der Waals surface area contributed by atoms with Gasteiger partial charge in [-0.05, 0) is 74.9 Å². The first-order chi connectivity index (χ1) is 21.3. The van der Waals surface area contributed by atoms with Crippen molar-refractivity contribution in [1.29, 1.82) is 0 Å². The number of rotatable bonds is 0. The van der Waals surface area contributed by atoms with Gasteiger partial charge in [0.05, 0.1) is 0 Å². The highest BCUT2D eigenvalue weighted by Crippen LogP contribution is 2.18. The van der Waals surface area contributed by atoms with Crippen molar-refractivity contribution in [3.63, 3.8) is 0 Å². The predicted octanol–water partition coefficient (Wildman–Crippen LogP) is 6.31. The van der Waals surface area contributed by atoms with Gasteiger partial charge in [-0.25, -0.2) is 9.80 Å². The van der Waals surface area contributed by atoms with E-state index in [-0.39, 0.29) is 37.0 Å². The van der Waals surface area contributed by atoms with E-state index in [1.807, 2.05) is 37.3 Å². The Morgan fingerprint density at radius 1 is 0.295 bits per heavy atom. The summed E-state index contributed by atoms with van der Waals surface area (Å²) in [4.78, 5) is 34.0. The van der Waals surface area contributed by atoms with E-state index in [1.54, 1.807) is 0 Å². The van der Waals surface area contributed by atoms with E-state index in [1.165, 1.54) is 0 Å². The van der Waals surface area contributed by atoms with Gasteiger partial charge in [0, 0.05) is 37.3 Å². The zero-order valence-corrected chi connectivity index (χ0v) is 26.4. The van der Waals surface area contributed by atoms with Crippen LogP contribution in [0, 0.1) is 0 Å². The Balaban J connectivity index is 1.65. The molecule has 3 aromatic carbocycles. The van der Waals surface area contributed by atoms with Gasteiger partial charge >= 0.3 is 0 Å². The molecule has 6 atom stereocenters. The normalized spacial score (nSPS) is 29.0. The van der Waals surface area contributed by atoms with Crippen LogP contribution in [0.3, 0.4) is 0 Å². The summed E-state index contributed by atoms with van der Waals surface area (Å²) < 4.78 is 0. The van der Waals surface area contributed by atoms with Crippen LogP contribution in [0.4, 0.5) is 0 Å². The first kappa shape index (κ1) is 31.0. The van der Waals surface area contributed by atoms with E-state index < -0.39 is 0 Å². The summed E-state index contributed by atoms with van der Waals surface area (Å²) in [6.07, 6.45) is 10.5. The van der Waals surface area contributed by atoms with Crippen molar-refractivity contribution in [2.45, 2.75) is 78.5 Å². The molecule has 44 heavy (non-hydrogen) atoms. The largest absolute Gasteiger partial charge is 0.274 e. The summed E-state index contributed by atoms with van der Waals surface area (Å²) in [7, 11) is 0. The van der Waals surface area contributed by atoms with Gasteiger partial charge in [-0.1, -0.05) is 72.8 Å². The van der Waals surface area contributed by atoms with E-state index in [9.17, 15) is 0 Å². The molecule has 0 radical (unpaired) electrons. The minimum atomic E-state index is -0.167. The lowest BCUT2D eigenvalue weighted by Gasteiger charge is -2.33. The Morgan fingerprint density at radius 2 is 0.432 bits per heavy atom. The maximum Gasteiger partial charge on any atom is 0.102 e. The van der Waals surface area contributed by atoms with Gasteiger partial charge in [0.25, 0.3) is 0 Å². The first-order valence-electron chi connectivity index (χ1n) is 15.3. The van der Waals surface area contributed by atoms with Gasteiger partial charge in [-0.3, -0.25) is 30.0 Å². The van der Waals surface area contributed by atoms with Crippen LogP contribution in [0.25, 0.3) is 0 Å². The minimum absolute atomic E-state index is 0.167. The van der Waals surface area contributed by atoms with Crippen LogP contribution in [0.1, 0.15) is 74.9 Å². The molecule has 0 saturated heterocycles. The van der Waals surface area contributed by atoms with E-state index in [2.05, 4.69) is 124 Å². The van der Waals surface area contributed by atoms with Crippen LogP contribution in [0.5, 0.6) is 0 Å². The van der Waals surface area contributed by atoms with Crippen LogP contribution in [-0.4, -0.2) is 84.1 Å². The molecule has 0 spiro atoms. The maximum atomic E-state index is 4.93. The molecule has 12 heterocycles. The van der Waals surface area contributed by atoms with Gasteiger partial charge in [0.15, 0.2) is 0 Å². The molecule has 0 aromatic heterocycles. The van der Waals surface area contributed by atoms with Gasteiger partial charge in [-0.2, -0.15) is 0 Å². The molecule has 0 saturated carbocycles. The second-order valence-corrected chi connectivity index (χ2v) is 11.4. The second-order valence-electron chi connectivity index (χ2n) is 11.4. The van der Waals surface area contributed by atoms with Crippen LogP contribution in [-0.2, 0) is 0 Å². The number of nitrogens with zero attached hydrogens (tertiary/aromatic N) is 8. The second kappa shape index (κ2) is 14.4. The topological polar surface area (TPSA) is 80.6 Å². The van der Waals surface area contributed by atoms with E-state index in [0.717, 1.165) is 33.4 Å². The lowest BCUT2D eigenvalue weighted by atomic mass is 10.1. The zero-order chi connectivity index (χ0) is 31.1. The molecule has 12 aliphatic heterocycles. The third-order valence-corrected chi connectivity index (χ3v) is 8.03. The van der Waals surface area contributed by atoms with Crippen molar-refractivity contribution in [2.75, 3.05) is 0 Å². The minimum Gasteiger partial charge on any atom is -0.274 e. The number of benzene rings is 3. The number of hydrogen-bond donors (Lipinski definition) is 0. The molecular formula is C36H42N8. The maximum absolute atomic E-state index is 4.93. The fraction of sp³-hybridized carbons (Fsp3) is 0.333. The summed E-state index contributed by atoms with van der Waals surface area (Å²) >= 11 is 0. The highest BCUT2D eigenvalue weighted by atomic mass is 15.4. The highest BCUT2D eigenvalue weighted by molar-refractivity contribution is 5.86. The summed E-state index contributed by atoms with van der Waals surface area (Å²) in [5.41, 5.74) is 6.12. The molecule has 3 aromatic rings. The molecule has 0 amide bonds. The molecule has 6 unspecified atom stereocenters. The Kier molecular flexibility index (Phi) is 10.1. The fourth-order valence-electron chi connectivity index (χ4n) is 5.50. The van der Waals surface area contributed by atoms with Crippen LogP contribution >= 0.6 is 0 Å². The molecule has 226 valence electrons. The van der Waals surface area contributed by atoms with Gasteiger partial charge in [0.1, 0.15) is 37.0 Å². The number of hydrogen-bond acceptors (Lipinski definition) is 8. The first-order valence-corrected chi connectivity index (χ1v) is 15.3. The SMILES string of the molecule is CC1N=Cc2ccc(cc2)C=NC(C)N2C(C)N=Cc3ccc(cc3)C=NC(C)N1C(C)N=Cc1ccc(cc1)C=NC2C. The third kappa shape index (κ3) is 7.95. The Labute approximate surface area is 261 Å². The quantitative estimate of drug-likeness (QED) is 0.310. The lowest BCUT2D eigenvalue weighted by Crippen LogP contribution is -2.44. The Morgan fingerprint density at radius 3 is 0.568 bits per heavy atom. The molecule has 0 N–H and O–H groups in total. The number of aliphatic imine (C=N–C) groups is 6. The van der Waals surface area contributed by atoms with Crippen molar-refractivity contribution in [3.8, 4) is 0 Å². The van der Waals surface area contributed by atoms with Crippen molar-refractivity contribution < 1.29 is 0 Å². The van der Waals surface area contributed by atoms with Crippen LogP contribution in [0.2, 0.25) is 0 Å². The molecular weight excluding hydrogens is 544 g/mol. The third-order valence-electron chi connectivity index (χ3n) is 8.03. The van der Waals surface area contributed by atoms with Crippen molar-refractivity contribution >= 4 is 37.3 Å². The standard InChI is InChI=1S/C36H42N8/c1-25-37-19-31-7-9-34(10-8-31)22-40-28(4)44-29(5)41-23-35-15-11-32(12-16-35)20-38-26(2)43(25)27(3)39-21-33-13-17-36(18-14-33)24-42-30(44)6/h7-30H,1-6H3. The van der Waals surface area contributed by atoms with Crippen molar-refractivity contribution in [2.24, 2.45) is 30.0 Å². The van der Waals surface area contributed by atoms with Crippen molar-refractivity contribution in [3.05, 3.63) is 106 Å². The van der Waals surface area contributed by atoms with E-state index in [0.29, 0.717) is 0 Å². The summed E-state index contributed by atoms with van der Waals surface area (Å²) in [6.45, 7) is 12.5. The molecule has 8 bridgehead atoms. The van der Waals surface area contributed by atoms with Crippen LogP contribution < -0.4 is 0 Å². The average Bonchev–Trinajstić information content (AvgIpc) is 3.03. The smallest absolute Gasteiger partial charge is 0.102 e. The molecule has 0 aliphatic carbocycles. The van der Waals surface area contributed by atoms with E-state index in [4.69, 9.17) is 30.0 Å². The molecule has 12 aliphatic rings. The molecule has 0 fully saturated rings. The predicted molar refractivity (Wildman–Crippen MR) is 185 cm³/mol. The van der Waals surface area contributed by atoms with Gasteiger partial charge in [-0.15, -0.1) is 0 Å².